The van der Waals surface area contributed by atoms with E-state index in [0.29, 0.717) is 5.02 Å². The van der Waals surface area contributed by atoms with Crippen molar-refractivity contribution in [1.29, 1.82) is 0 Å². The molecule has 2 rings (SSSR count). The average molecular weight is 324 g/mol. The molecule has 0 aromatic heterocycles. The molecule has 0 bridgehead atoms. The van der Waals surface area contributed by atoms with Gasteiger partial charge >= 0.3 is 0 Å². The van der Waals surface area contributed by atoms with Crippen molar-refractivity contribution in [3.63, 3.8) is 0 Å². The summed E-state index contributed by atoms with van der Waals surface area (Å²) in [5.74, 6) is -0.126. The minimum Gasteiger partial charge on any atom is -0.323 e. The van der Waals surface area contributed by atoms with Crippen LogP contribution in [0.15, 0.2) is 47.4 Å². The van der Waals surface area contributed by atoms with Gasteiger partial charge < -0.3 is 5.73 Å². The molecule has 3 nitrogen and oxygen atoms in total. The first-order valence-electron chi connectivity index (χ1n) is 6.60. The van der Waals surface area contributed by atoms with Crippen LogP contribution in [0.3, 0.4) is 0 Å². The predicted octanol–water partition coefficient (Wildman–Crippen LogP) is 3.43. The van der Waals surface area contributed by atoms with Crippen LogP contribution in [0.4, 0.5) is 0 Å². The molecule has 0 aliphatic rings. The molecule has 5 heteroatoms. The highest BCUT2D eigenvalue weighted by atomic mass is 35.5. The highest BCUT2D eigenvalue weighted by Gasteiger charge is 2.21. The van der Waals surface area contributed by atoms with Gasteiger partial charge in [0.2, 0.25) is 0 Å². The Bertz CT molecular complexity index is 739. The molecule has 0 amide bonds. The Hall–Kier alpha value is -1.36. The quantitative estimate of drug-likeness (QED) is 0.937. The molecule has 0 aliphatic carbocycles. The molecule has 0 aliphatic heterocycles. The van der Waals surface area contributed by atoms with Gasteiger partial charge in [0.25, 0.3) is 0 Å². The number of hydrogen-bond donors (Lipinski definition) is 1. The van der Waals surface area contributed by atoms with E-state index < -0.39 is 15.9 Å². The second kappa shape index (κ2) is 6.18. The van der Waals surface area contributed by atoms with Gasteiger partial charge in [0, 0.05) is 11.1 Å². The summed E-state index contributed by atoms with van der Waals surface area (Å²) in [6.45, 7) is 3.90. The average Bonchev–Trinajstić information content (AvgIpc) is 2.41. The van der Waals surface area contributed by atoms with Crippen molar-refractivity contribution in [2.24, 2.45) is 5.73 Å². The highest BCUT2D eigenvalue weighted by Crippen LogP contribution is 2.22. The zero-order valence-electron chi connectivity index (χ0n) is 12.0. The third kappa shape index (κ3) is 3.84. The summed E-state index contributed by atoms with van der Waals surface area (Å²) in [4.78, 5) is 0.243. The zero-order chi connectivity index (χ0) is 15.6. The number of benzene rings is 2. The maximum absolute atomic E-state index is 12.4. The number of hydrogen-bond acceptors (Lipinski definition) is 3. The van der Waals surface area contributed by atoms with Crippen LogP contribution < -0.4 is 5.73 Å². The molecule has 2 N–H and O–H groups in total. The van der Waals surface area contributed by atoms with E-state index in [1.165, 1.54) is 12.1 Å². The van der Waals surface area contributed by atoms with Crippen molar-refractivity contribution in [1.82, 2.24) is 0 Å². The monoisotopic (exact) mass is 323 g/mol. The van der Waals surface area contributed by atoms with E-state index in [-0.39, 0.29) is 10.6 Å². The minimum absolute atomic E-state index is 0.126. The summed E-state index contributed by atoms with van der Waals surface area (Å²) < 4.78 is 24.8. The molecule has 2 aromatic carbocycles. The van der Waals surface area contributed by atoms with E-state index in [0.717, 1.165) is 16.7 Å². The lowest BCUT2D eigenvalue weighted by atomic mass is 10.0. The summed E-state index contributed by atoms with van der Waals surface area (Å²) in [6, 6.07) is 11.5. The van der Waals surface area contributed by atoms with Gasteiger partial charge in [-0.2, -0.15) is 0 Å². The van der Waals surface area contributed by atoms with E-state index in [1.807, 2.05) is 32.0 Å². The lowest BCUT2D eigenvalue weighted by Crippen LogP contribution is -2.22. The molecule has 0 saturated heterocycles. The van der Waals surface area contributed by atoms with Crippen LogP contribution in [0.2, 0.25) is 5.02 Å². The minimum atomic E-state index is -3.44. The highest BCUT2D eigenvalue weighted by molar-refractivity contribution is 7.91. The van der Waals surface area contributed by atoms with Crippen molar-refractivity contribution >= 4 is 21.4 Å². The van der Waals surface area contributed by atoms with Crippen LogP contribution in [0.25, 0.3) is 0 Å². The standard InChI is InChI=1S/C16H18ClNO2S/c1-11-3-4-12(2)15(9-11)16(18)10-21(19,20)14-7-5-13(17)6-8-14/h3-9,16H,10,18H2,1-2H3. The topological polar surface area (TPSA) is 60.2 Å². The number of aryl methyl sites for hydroxylation is 2. The molecule has 0 radical (unpaired) electrons. The third-order valence-electron chi connectivity index (χ3n) is 3.41. The maximum atomic E-state index is 12.4. The van der Waals surface area contributed by atoms with Gasteiger partial charge in [-0.1, -0.05) is 35.4 Å². The Morgan fingerprint density at radius 3 is 2.33 bits per heavy atom. The lowest BCUT2D eigenvalue weighted by Gasteiger charge is -2.16. The lowest BCUT2D eigenvalue weighted by molar-refractivity contribution is 0.588. The van der Waals surface area contributed by atoms with Crippen LogP contribution in [0, 0.1) is 13.8 Å². The number of halogens is 1. The Labute approximate surface area is 130 Å². The molecular formula is C16H18ClNO2S. The number of nitrogens with two attached hydrogens (primary N) is 1. The number of sulfone groups is 1. The molecule has 21 heavy (non-hydrogen) atoms. The SMILES string of the molecule is Cc1ccc(C)c(C(N)CS(=O)(=O)c2ccc(Cl)cc2)c1. The fourth-order valence-corrected chi connectivity index (χ4v) is 3.75. The smallest absolute Gasteiger partial charge is 0.180 e. The van der Waals surface area contributed by atoms with Crippen LogP contribution in [0.5, 0.6) is 0 Å². The molecule has 0 fully saturated rings. The fourth-order valence-electron chi connectivity index (χ4n) is 2.22. The van der Waals surface area contributed by atoms with Crippen LogP contribution in [0.1, 0.15) is 22.7 Å². The second-order valence-electron chi connectivity index (χ2n) is 5.20. The predicted molar refractivity (Wildman–Crippen MR) is 86.3 cm³/mol. The van der Waals surface area contributed by atoms with Gasteiger partial charge in [0.05, 0.1) is 10.6 Å². The first kappa shape index (κ1) is 16.0. The summed E-state index contributed by atoms with van der Waals surface area (Å²) in [7, 11) is -3.44. The third-order valence-corrected chi connectivity index (χ3v) is 5.45. The van der Waals surface area contributed by atoms with Gasteiger partial charge in [-0.05, 0) is 49.2 Å². The molecule has 0 saturated carbocycles. The Morgan fingerprint density at radius 2 is 1.71 bits per heavy atom. The van der Waals surface area contributed by atoms with Crippen LogP contribution in [-0.4, -0.2) is 14.2 Å². The summed E-state index contributed by atoms with van der Waals surface area (Å²) in [5.41, 5.74) is 9.05. The first-order valence-corrected chi connectivity index (χ1v) is 8.64. The van der Waals surface area contributed by atoms with E-state index >= 15 is 0 Å². The second-order valence-corrected chi connectivity index (χ2v) is 7.67. The fraction of sp³-hybridized carbons (Fsp3) is 0.250. The van der Waals surface area contributed by atoms with Crippen molar-refractivity contribution < 1.29 is 8.42 Å². The molecule has 1 atom stereocenters. The van der Waals surface area contributed by atoms with Gasteiger partial charge in [-0.25, -0.2) is 8.42 Å². The van der Waals surface area contributed by atoms with E-state index in [9.17, 15) is 8.42 Å². The Balaban J connectivity index is 2.27. The molecule has 0 spiro atoms. The number of rotatable bonds is 4. The molecular weight excluding hydrogens is 306 g/mol. The van der Waals surface area contributed by atoms with Crippen molar-refractivity contribution in [3.05, 3.63) is 64.2 Å². The molecule has 1 unspecified atom stereocenters. The van der Waals surface area contributed by atoms with Crippen LogP contribution >= 0.6 is 11.6 Å². The maximum Gasteiger partial charge on any atom is 0.180 e. The van der Waals surface area contributed by atoms with Gasteiger partial charge in [0.1, 0.15) is 0 Å². The first-order chi connectivity index (χ1) is 9.79. The van der Waals surface area contributed by atoms with E-state index in [1.54, 1.807) is 12.1 Å². The molecule has 2 aromatic rings. The zero-order valence-corrected chi connectivity index (χ0v) is 13.6. The summed E-state index contributed by atoms with van der Waals surface area (Å²) >= 11 is 5.78. The normalized spacial score (nSPS) is 13.1. The van der Waals surface area contributed by atoms with E-state index in [2.05, 4.69) is 0 Å². The van der Waals surface area contributed by atoms with Gasteiger partial charge in [-0.15, -0.1) is 0 Å². The largest absolute Gasteiger partial charge is 0.323 e. The molecule has 112 valence electrons. The Kier molecular flexibility index (Phi) is 4.71. The van der Waals surface area contributed by atoms with Crippen molar-refractivity contribution in [2.45, 2.75) is 24.8 Å². The van der Waals surface area contributed by atoms with E-state index in [4.69, 9.17) is 17.3 Å². The summed E-state index contributed by atoms with van der Waals surface area (Å²) in [5, 5.41) is 0.507. The van der Waals surface area contributed by atoms with Crippen LogP contribution in [-0.2, 0) is 9.84 Å². The van der Waals surface area contributed by atoms with Crippen molar-refractivity contribution in [3.8, 4) is 0 Å². The van der Waals surface area contributed by atoms with Gasteiger partial charge in [-0.3, -0.25) is 0 Å². The summed E-state index contributed by atoms with van der Waals surface area (Å²) in [6.07, 6.45) is 0. The molecule has 0 heterocycles. The Morgan fingerprint density at radius 1 is 1.10 bits per heavy atom. The van der Waals surface area contributed by atoms with Crippen molar-refractivity contribution in [2.75, 3.05) is 5.75 Å². The van der Waals surface area contributed by atoms with Gasteiger partial charge in [0.15, 0.2) is 9.84 Å².